The number of carbonyl (C=O) groups excluding carboxylic acids is 1. The predicted octanol–water partition coefficient (Wildman–Crippen LogP) is 4.59. The molecule has 0 amide bonds. The van der Waals surface area contributed by atoms with Gasteiger partial charge in [-0.2, -0.15) is 0 Å². The zero-order valence-corrected chi connectivity index (χ0v) is 14.0. The van der Waals surface area contributed by atoms with Gasteiger partial charge in [0.1, 0.15) is 0 Å². The summed E-state index contributed by atoms with van der Waals surface area (Å²) in [6.07, 6.45) is 0. The highest BCUT2D eigenvalue weighted by atomic mass is 16.1. The summed E-state index contributed by atoms with van der Waals surface area (Å²) in [5, 5.41) is 0. The molecule has 4 rings (SSSR count). The Bertz CT molecular complexity index is 980. The molecule has 0 saturated heterocycles. The molecule has 0 atom stereocenters. The van der Waals surface area contributed by atoms with Crippen LogP contribution >= 0.6 is 0 Å². The molecule has 0 bridgehead atoms. The van der Waals surface area contributed by atoms with E-state index >= 15 is 0 Å². The zero-order chi connectivity index (χ0) is 17.2. The van der Waals surface area contributed by atoms with Crippen LogP contribution in [-0.2, 0) is 7.05 Å². The van der Waals surface area contributed by atoms with Crippen molar-refractivity contribution in [1.82, 2.24) is 9.55 Å². The number of imidazole rings is 1. The fourth-order valence-electron chi connectivity index (χ4n) is 3.28. The van der Waals surface area contributed by atoms with Crippen LogP contribution in [0.3, 0.4) is 0 Å². The Morgan fingerprint density at radius 1 is 0.800 bits per heavy atom. The number of carbonyl (C=O) groups is 1. The van der Waals surface area contributed by atoms with Gasteiger partial charge < -0.3 is 4.57 Å². The Kier molecular flexibility index (Phi) is 3.90. The molecule has 0 saturated carbocycles. The summed E-state index contributed by atoms with van der Waals surface area (Å²) < 4.78 is 1.89. The maximum Gasteiger partial charge on any atom is 0.210 e. The first-order chi connectivity index (χ1) is 12.3. The molecule has 1 heterocycles. The highest BCUT2D eigenvalue weighted by molar-refractivity contribution is 6.02. The SMILES string of the molecule is Cn1c(C(=O)C(c2ccccc2)c2ccccc2)nc2ccccc21. The van der Waals surface area contributed by atoms with Crippen LogP contribution in [0.4, 0.5) is 0 Å². The largest absolute Gasteiger partial charge is 0.325 e. The lowest BCUT2D eigenvalue weighted by molar-refractivity contribution is 0.0961. The van der Waals surface area contributed by atoms with Gasteiger partial charge in [-0.25, -0.2) is 4.98 Å². The standard InChI is InChI=1S/C22H18N2O/c1-24-19-15-9-8-14-18(19)23-22(24)21(25)20(16-10-4-2-5-11-16)17-12-6-3-7-13-17/h2-15,20H,1H3. The van der Waals surface area contributed by atoms with E-state index in [1.807, 2.05) is 96.5 Å². The van der Waals surface area contributed by atoms with Crippen LogP contribution in [0, 0.1) is 0 Å². The van der Waals surface area contributed by atoms with E-state index in [-0.39, 0.29) is 11.7 Å². The molecule has 0 spiro atoms. The van der Waals surface area contributed by atoms with E-state index < -0.39 is 0 Å². The molecule has 3 nitrogen and oxygen atoms in total. The van der Waals surface area contributed by atoms with Gasteiger partial charge in [0.25, 0.3) is 0 Å². The number of para-hydroxylation sites is 2. The van der Waals surface area contributed by atoms with Crippen LogP contribution in [0.5, 0.6) is 0 Å². The van der Waals surface area contributed by atoms with E-state index in [9.17, 15) is 4.79 Å². The van der Waals surface area contributed by atoms with Crippen molar-refractivity contribution in [2.45, 2.75) is 5.92 Å². The van der Waals surface area contributed by atoms with Crippen molar-refractivity contribution in [1.29, 1.82) is 0 Å². The zero-order valence-electron chi connectivity index (χ0n) is 14.0. The van der Waals surface area contributed by atoms with Crippen LogP contribution in [0.1, 0.15) is 27.7 Å². The number of benzene rings is 3. The number of fused-ring (bicyclic) bond motifs is 1. The lowest BCUT2D eigenvalue weighted by Crippen LogP contribution is -2.18. The number of ketones is 1. The predicted molar refractivity (Wildman–Crippen MR) is 99.8 cm³/mol. The number of nitrogens with zero attached hydrogens (tertiary/aromatic N) is 2. The van der Waals surface area contributed by atoms with E-state index in [4.69, 9.17) is 0 Å². The third kappa shape index (κ3) is 2.74. The molecule has 0 aliphatic rings. The molecule has 3 heteroatoms. The fraction of sp³-hybridized carbons (Fsp3) is 0.0909. The summed E-state index contributed by atoms with van der Waals surface area (Å²) >= 11 is 0. The number of Topliss-reactive ketones (excluding diaryl/α,β-unsaturated/α-hetero) is 1. The topological polar surface area (TPSA) is 34.9 Å². The number of aromatic nitrogens is 2. The summed E-state index contributed by atoms with van der Waals surface area (Å²) in [4.78, 5) is 18.1. The van der Waals surface area contributed by atoms with Gasteiger partial charge in [-0.3, -0.25) is 4.79 Å². The second kappa shape index (κ2) is 6.36. The van der Waals surface area contributed by atoms with Crippen molar-refractivity contribution in [3.05, 3.63) is 102 Å². The summed E-state index contributed by atoms with van der Waals surface area (Å²) in [6.45, 7) is 0. The van der Waals surface area contributed by atoms with Gasteiger partial charge >= 0.3 is 0 Å². The van der Waals surface area contributed by atoms with E-state index in [1.165, 1.54) is 0 Å². The third-order valence-corrected chi connectivity index (χ3v) is 4.54. The quantitative estimate of drug-likeness (QED) is 0.514. The first-order valence-corrected chi connectivity index (χ1v) is 8.31. The monoisotopic (exact) mass is 326 g/mol. The number of hydrogen-bond donors (Lipinski definition) is 0. The summed E-state index contributed by atoms with van der Waals surface area (Å²) in [5.41, 5.74) is 3.76. The smallest absolute Gasteiger partial charge is 0.210 e. The molecule has 122 valence electrons. The van der Waals surface area contributed by atoms with Gasteiger partial charge in [-0.15, -0.1) is 0 Å². The maximum atomic E-state index is 13.5. The molecule has 0 fully saturated rings. The molecule has 1 aromatic heterocycles. The van der Waals surface area contributed by atoms with Crippen molar-refractivity contribution < 1.29 is 4.79 Å². The van der Waals surface area contributed by atoms with Crippen LogP contribution in [0.15, 0.2) is 84.9 Å². The minimum atomic E-state index is -0.363. The van der Waals surface area contributed by atoms with Crippen molar-refractivity contribution in [3.63, 3.8) is 0 Å². The van der Waals surface area contributed by atoms with Crippen LogP contribution in [-0.4, -0.2) is 15.3 Å². The highest BCUT2D eigenvalue weighted by Gasteiger charge is 2.27. The molecule has 4 aromatic rings. The summed E-state index contributed by atoms with van der Waals surface area (Å²) in [5.74, 6) is 0.132. The van der Waals surface area contributed by atoms with Crippen LogP contribution in [0.2, 0.25) is 0 Å². The molecular weight excluding hydrogens is 308 g/mol. The molecule has 0 aliphatic carbocycles. The van der Waals surface area contributed by atoms with Crippen LogP contribution < -0.4 is 0 Å². The minimum Gasteiger partial charge on any atom is -0.325 e. The van der Waals surface area contributed by atoms with Gasteiger partial charge in [-0.1, -0.05) is 72.8 Å². The minimum absolute atomic E-state index is 0.0103. The third-order valence-electron chi connectivity index (χ3n) is 4.54. The van der Waals surface area contributed by atoms with Gasteiger partial charge in [0.05, 0.1) is 17.0 Å². The molecule has 25 heavy (non-hydrogen) atoms. The first kappa shape index (κ1) is 15.3. The Hall–Kier alpha value is -3.20. The summed E-state index contributed by atoms with van der Waals surface area (Å²) in [6, 6.07) is 27.6. The maximum absolute atomic E-state index is 13.5. The summed E-state index contributed by atoms with van der Waals surface area (Å²) in [7, 11) is 1.90. The van der Waals surface area contributed by atoms with Gasteiger partial charge in [0.15, 0.2) is 5.82 Å². The van der Waals surface area contributed by atoms with Crippen molar-refractivity contribution in [2.75, 3.05) is 0 Å². The molecule has 0 N–H and O–H groups in total. The number of aryl methyl sites for hydroxylation is 1. The second-order valence-electron chi connectivity index (χ2n) is 6.10. The van der Waals surface area contributed by atoms with E-state index in [1.54, 1.807) is 0 Å². The molecule has 0 aliphatic heterocycles. The van der Waals surface area contributed by atoms with Gasteiger partial charge in [-0.05, 0) is 23.3 Å². The fourth-order valence-corrected chi connectivity index (χ4v) is 3.28. The molecule has 3 aromatic carbocycles. The second-order valence-corrected chi connectivity index (χ2v) is 6.10. The average Bonchev–Trinajstić information content (AvgIpc) is 3.01. The highest BCUT2D eigenvalue weighted by Crippen LogP contribution is 2.29. The van der Waals surface area contributed by atoms with Crippen molar-refractivity contribution >= 4 is 16.8 Å². The van der Waals surface area contributed by atoms with Crippen molar-refractivity contribution in [2.24, 2.45) is 7.05 Å². The average molecular weight is 326 g/mol. The van der Waals surface area contributed by atoms with Gasteiger partial charge in [0.2, 0.25) is 5.78 Å². The Labute approximate surface area is 146 Å². The van der Waals surface area contributed by atoms with E-state index in [0.717, 1.165) is 22.2 Å². The van der Waals surface area contributed by atoms with E-state index in [2.05, 4.69) is 4.98 Å². The van der Waals surface area contributed by atoms with E-state index in [0.29, 0.717) is 5.82 Å². The first-order valence-electron chi connectivity index (χ1n) is 8.31. The number of hydrogen-bond acceptors (Lipinski definition) is 2. The lowest BCUT2D eigenvalue weighted by Gasteiger charge is -2.16. The van der Waals surface area contributed by atoms with Crippen LogP contribution in [0.25, 0.3) is 11.0 Å². The lowest BCUT2D eigenvalue weighted by atomic mass is 9.87. The Morgan fingerprint density at radius 2 is 1.32 bits per heavy atom. The molecule has 0 radical (unpaired) electrons. The Morgan fingerprint density at radius 3 is 1.88 bits per heavy atom. The van der Waals surface area contributed by atoms with Crippen molar-refractivity contribution in [3.8, 4) is 0 Å². The molecule has 0 unspecified atom stereocenters. The normalized spacial score (nSPS) is 11.1. The number of rotatable bonds is 4. The molecular formula is C22H18N2O. The Balaban J connectivity index is 1.87. The van der Waals surface area contributed by atoms with Gasteiger partial charge in [0, 0.05) is 7.05 Å².